The van der Waals surface area contributed by atoms with Crippen molar-refractivity contribution in [1.82, 2.24) is 4.98 Å². The molecule has 0 N–H and O–H groups in total. The molecule has 0 saturated carbocycles. The van der Waals surface area contributed by atoms with Gasteiger partial charge in [-0.3, -0.25) is 5.11 Å². The molecule has 0 saturated heterocycles. The van der Waals surface area contributed by atoms with Gasteiger partial charge in [-0.25, -0.2) is 4.98 Å². The van der Waals surface area contributed by atoms with E-state index < -0.39 is 0 Å². The average molecular weight is 158 g/mol. The third-order valence-electron chi connectivity index (χ3n) is 1.92. The summed E-state index contributed by atoms with van der Waals surface area (Å²) in [6, 6.07) is 9.08. The summed E-state index contributed by atoms with van der Waals surface area (Å²) < 4.78 is 0. The van der Waals surface area contributed by atoms with Crippen LogP contribution in [0.5, 0.6) is 5.88 Å². The Morgan fingerprint density at radius 2 is 2.00 bits per heavy atom. The Morgan fingerprint density at radius 3 is 2.83 bits per heavy atom. The molecule has 1 radical (unpaired) electrons. The Labute approximate surface area is 70.5 Å². The molecule has 0 atom stereocenters. The minimum absolute atomic E-state index is 0.173. The molecule has 1 aromatic heterocycles. The molecule has 2 nitrogen and oxygen atoms in total. The second-order valence-electron chi connectivity index (χ2n) is 2.79. The molecule has 0 fully saturated rings. The monoisotopic (exact) mass is 158 g/mol. The highest BCUT2D eigenvalue weighted by Crippen LogP contribution is 2.18. The molecule has 0 unspecified atom stereocenters. The Kier molecular flexibility index (Phi) is 1.47. The van der Waals surface area contributed by atoms with Crippen LogP contribution in [0.3, 0.4) is 0 Å². The quantitative estimate of drug-likeness (QED) is 0.580. The molecule has 0 aliphatic heterocycles. The maximum atomic E-state index is 10.9. The number of rotatable bonds is 0. The second kappa shape index (κ2) is 2.48. The number of pyridine rings is 1. The summed E-state index contributed by atoms with van der Waals surface area (Å²) in [5.41, 5.74) is 1.93. The summed E-state index contributed by atoms with van der Waals surface area (Å²) in [6.45, 7) is 2.01. The molecule has 12 heavy (non-hydrogen) atoms. The van der Waals surface area contributed by atoms with Crippen molar-refractivity contribution in [2.24, 2.45) is 0 Å². The van der Waals surface area contributed by atoms with E-state index in [1.165, 1.54) is 6.07 Å². The molecule has 0 bridgehead atoms. The first kappa shape index (κ1) is 7.10. The number of aromatic nitrogens is 1. The summed E-state index contributed by atoms with van der Waals surface area (Å²) in [7, 11) is 0. The smallest absolute Gasteiger partial charge is 0.267 e. The molecule has 0 aliphatic rings. The van der Waals surface area contributed by atoms with Gasteiger partial charge >= 0.3 is 0 Å². The molecule has 59 valence electrons. The van der Waals surface area contributed by atoms with E-state index in [2.05, 4.69) is 4.98 Å². The SMILES string of the molecule is Cc1cccc2nc([O])ccc12. The zero-order chi connectivity index (χ0) is 8.55. The number of fused-ring (bicyclic) bond motifs is 1. The Hall–Kier alpha value is -1.57. The van der Waals surface area contributed by atoms with E-state index in [4.69, 9.17) is 0 Å². The highest BCUT2D eigenvalue weighted by atomic mass is 16.3. The van der Waals surface area contributed by atoms with E-state index in [0.717, 1.165) is 16.5 Å². The summed E-state index contributed by atoms with van der Waals surface area (Å²) in [5.74, 6) is -0.173. The number of nitrogens with zero attached hydrogens (tertiary/aromatic N) is 1. The Balaban J connectivity index is 2.86. The van der Waals surface area contributed by atoms with Crippen molar-refractivity contribution in [1.29, 1.82) is 0 Å². The van der Waals surface area contributed by atoms with Crippen LogP contribution in [0.4, 0.5) is 0 Å². The summed E-state index contributed by atoms with van der Waals surface area (Å²) in [6.07, 6.45) is 0. The minimum atomic E-state index is -0.173. The van der Waals surface area contributed by atoms with Crippen LogP contribution < -0.4 is 0 Å². The zero-order valence-electron chi connectivity index (χ0n) is 6.74. The molecular formula is C10H8NO. The van der Waals surface area contributed by atoms with E-state index >= 15 is 0 Å². The molecule has 2 heteroatoms. The van der Waals surface area contributed by atoms with Gasteiger partial charge in [-0.15, -0.1) is 0 Å². The predicted octanol–water partition coefficient (Wildman–Crippen LogP) is 2.69. The van der Waals surface area contributed by atoms with Crippen molar-refractivity contribution in [3.05, 3.63) is 35.9 Å². The lowest BCUT2D eigenvalue weighted by atomic mass is 10.1. The molecule has 0 amide bonds. The topological polar surface area (TPSA) is 32.8 Å². The fourth-order valence-corrected chi connectivity index (χ4v) is 1.29. The van der Waals surface area contributed by atoms with Gasteiger partial charge in [-0.2, -0.15) is 0 Å². The lowest BCUT2D eigenvalue weighted by molar-refractivity contribution is 0.339. The molecule has 1 heterocycles. The lowest BCUT2D eigenvalue weighted by Crippen LogP contribution is -1.80. The third kappa shape index (κ3) is 1.01. The van der Waals surface area contributed by atoms with Crippen molar-refractivity contribution < 1.29 is 5.11 Å². The van der Waals surface area contributed by atoms with Crippen LogP contribution in [-0.2, 0) is 5.11 Å². The molecule has 2 aromatic rings. The maximum absolute atomic E-state index is 10.9. The minimum Gasteiger partial charge on any atom is -0.267 e. The lowest BCUT2D eigenvalue weighted by Gasteiger charge is -1.98. The van der Waals surface area contributed by atoms with Crippen LogP contribution in [0.25, 0.3) is 10.9 Å². The first-order valence-electron chi connectivity index (χ1n) is 3.81. The summed E-state index contributed by atoms with van der Waals surface area (Å²) in [5, 5.41) is 11.9. The first-order valence-corrected chi connectivity index (χ1v) is 3.81. The van der Waals surface area contributed by atoms with Crippen LogP contribution >= 0.6 is 0 Å². The normalized spacial score (nSPS) is 10.4. The van der Waals surface area contributed by atoms with Crippen molar-refractivity contribution in [2.75, 3.05) is 0 Å². The Morgan fingerprint density at radius 1 is 1.17 bits per heavy atom. The van der Waals surface area contributed by atoms with E-state index in [9.17, 15) is 5.11 Å². The molecule has 1 aromatic carbocycles. The molecular weight excluding hydrogens is 150 g/mol. The van der Waals surface area contributed by atoms with Gasteiger partial charge in [-0.05, 0) is 24.6 Å². The van der Waals surface area contributed by atoms with Gasteiger partial charge in [0.2, 0.25) is 0 Å². The Bertz CT molecular complexity index is 423. The van der Waals surface area contributed by atoms with Crippen molar-refractivity contribution >= 4 is 10.9 Å². The van der Waals surface area contributed by atoms with E-state index in [1.54, 1.807) is 0 Å². The molecule has 0 aliphatic carbocycles. The van der Waals surface area contributed by atoms with Gasteiger partial charge < -0.3 is 0 Å². The number of benzene rings is 1. The van der Waals surface area contributed by atoms with Crippen LogP contribution in [0.1, 0.15) is 5.56 Å². The van der Waals surface area contributed by atoms with E-state index in [1.807, 2.05) is 31.2 Å². The number of hydrogen-bond acceptors (Lipinski definition) is 1. The third-order valence-corrected chi connectivity index (χ3v) is 1.92. The van der Waals surface area contributed by atoms with Crippen LogP contribution in [0.15, 0.2) is 30.3 Å². The van der Waals surface area contributed by atoms with Crippen LogP contribution in [0.2, 0.25) is 0 Å². The fraction of sp³-hybridized carbons (Fsp3) is 0.100. The van der Waals surface area contributed by atoms with Crippen LogP contribution in [-0.4, -0.2) is 4.98 Å². The second-order valence-corrected chi connectivity index (χ2v) is 2.79. The van der Waals surface area contributed by atoms with Gasteiger partial charge in [-0.1, -0.05) is 12.1 Å². The molecule has 2 rings (SSSR count). The summed E-state index contributed by atoms with van der Waals surface area (Å²) >= 11 is 0. The van der Waals surface area contributed by atoms with Crippen molar-refractivity contribution in [3.63, 3.8) is 0 Å². The predicted molar refractivity (Wildman–Crippen MR) is 46.6 cm³/mol. The van der Waals surface area contributed by atoms with Gasteiger partial charge in [0.15, 0.2) is 0 Å². The molecule has 0 spiro atoms. The van der Waals surface area contributed by atoms with Gasteiger partial charge in [0.1, 0.15) is 0 Å². The highest BCUT2D eigenvalue weighted by molar-refractivity contribution is 5.82. The first-order chi connectivity index (χ1) is 5.77. The largest absolute Gasteiger partial charge is 0.270 e. The van der Waals surface area contributed by atoms with Gasteiger partial charge in [0, 0.05) is 11.5 Å². The highest BCUT2D eigenvalue weighted by Gasteiger charge is 1.98. The van der Waals surface area contributed by atoms with Crippen molar-refractivity contribution in [3.8, 4) is 5.88 Å². The standard InChI is InChI=1S/C10H8NO/c1-7-3-2-4-9-8(7)5-6-10(12)11-9/h2-6H,1H3. The van der Waals surface area contributed by atoms with Gasteiger partial charge in [0.05, 0.1) is 5.52 Å². The maximum Gasteiger partial charge on any atom is 0.270 e. The number of hydrogen-bond donors (Lipinski definition) is 0. The van der Waals surface area contributed by atoms with E-state index in [0.29, 0.717) is 0 Å². The fourth-order valence-electron chi connectivity index (χ4n) is 1.29. The number of aryl methyl sites for hydroxylation is 1. The summed E-state index contributed by atoms with van der Waals surface area (Å²) in [4.78, 5) is 3.88. The van der Waals surface area contributed by atoms with Crippen molar-refractivity contribution in [2.45, 2.75) is 6.92 Å². The van der Waals surface area contributed by atoms with Gasteiger partial charge in [0.25, 0.3) is 5.88 Å². The van der Waals surface area contributed by atoms with Crippen LogP contribution in [0, 0.1) is 6.92 Å². The average Bonchev–Trinajstić information content (AvgIpc) is 2.04. The zero-order valence-corrected chi connectivity index (χ0v) is 6.74. The van der Waals surface area contributed by atoms with E-state index in [-0.39, 0.29) is 5.88 Å².